The highest BCUT2D eigenvalue weighted by molar-refractivity contribution is 7.19. The Morgan fingerprint density at radius 3 is 2.55 bits per heavy atom. The second kappa shape index (κ2) is 8.07. The van der Waals surface area contributed by atoms with E-state index in [0.29, 0.717) is 5.92 Å². The van der Waals surface area contributed by atoms with Crippen molar-refractivity contribution < 1.29 is 4.58 Å². The van der Waals surface area contributed by atoms with Gasteiger partial charge < -0.3 is 0 Å². The number of allylic oxidation sites excluding steroid dienone is 4. The van der Waals surface area contributed by atoms with Crippen LogP contribution in [0.15, 0.2) is 65.9 Å². The summed E-state index contributed by atoms with van der Waals surface area (Å²) >= 11 is 1.94. The van der Waals surface area contributed by atoms with Crippen LogP contribution >= 0.6 is 11.3 Å². The van der Waals surface area contributed by atoms with Crippen LogP contribution in [0.4, 0.5) is 0 Å². The lowest BCUT2D eigenvalue weighted by molar-refractivity contribution is -0.542. The Kier molecular flexibility index (Phi) is 6.06. The molecule has 0 radical (unpaired) electrons. The third kappa shape index (κ3) is 3.92. The zero-order valence-corrected chi connectivity index (χ0v) is 20.0. The molecule has 2 heterocycles. The molecule has 29 heavy (non-hydrogen) atoms. The number of fused-ring (bicyclic) bond motifs is 1. The third-order valence-corrected chi connectivity index (χ3v) is 7.90. The van der Waals surface area contributed by atoms with Gasteiger partial charge in [0.2, 0.25) is 5.70 Å². The Balaban J connectivity index is 2.18. The summed E-state index contributed by atoms with van der Waals surface area (Å²) in [4.78, 5) is 1.45. The molecule has 1 aromatic heterocycles. The summed E-state index contributed by atoms with van der Waals surface area (Å²) in [5.41, 5.74) is 4.07. The van der Waals surface area contributed by atoms with Gasteiger partial charge in [-0.2, -0.15) is 4.58 Å². The van der Waals surface area contributed by atoms with E-state index in [1.807, 2.05) is 17.4 Å². The molecule has 2 aromatic rings. The maximum Gasteiger partial charge on any atom is 0.211 e. The van der Waals surface area contributed by atoms with Crippen LogP contribution in [0.5, 0.6) is 0 Å². The van der Waals surface area contributed by atoms with E-state index in [2.05, 4.69) is 102 Å². The highest BCUT2D eigenvalue weighted by atomic mass is 32.1. The van der Waals surface area contributed by atoms with Crippen LogP contribution in [0.1, 0.15) is 66.2 Å². The molecule has 1 aromatic carbocycles. The summed E-state index contributed by atoms with van der Waals surface area (Å²) in [6, 6.07) is 11.1. The third-order valence-electron chi connectivity index (χ3n) is 6.50. The molecule has 1 aliphatic rings. The molecule has 2 unspecified atom stereocenters. The van der Waals surface area contributed by atoms with Crippen molar-refractivity contribution in [1.29, 1.82) is 0 Å². The minimum absolute atomic E-state index is 0.0220. The molecule has 1 aliphatic heterocycles. The Morgan fingerprint density at radius 2 is 1.97 bits per heavy atom. The molecule has 0 amide bonds. The molecule has 2 heteroatoms. The summed E-state index contributed by atoms with van der Waals surface area (Å²) in [5.74, 6) is 0.519. The first-order valence-corrected chi connectivity index (χ1v) is 11.6. The van der Waals surface area contributed by atoms with Gasteiger partial charge in [-0.1, -0.05) is 50.8 Å². The van der Waals surface area contributed by atoms with E-state index in [-0.39, 0.29) is 11.0 Å². The molecule has 0 aliphatic carbocycles. The summed E-state index contributed by atoms with van der Waals surface area (Å²) in [5, 5.41) is 1.35. The normalized spacial score (nSPS) is 23.7. The highest BCUT2D eigenvalue weighted by Crippen LogP contribution is 2.45. The van der Waals surface area contributed by atoms with E-state index in [1.54, 1.807) is 0 Å². The molecule has 0 N–H and O–H groups in total. The van der Waals surface area contributed by atoms with Crippen molar-refractivity contribution >= 4 is 27.6 Å². The molecule has 154 valence electrons. The van der Waals surface area contributed by atoms with Gasteiger partial charge >= 0.3 is 0 Å². The van der Waals surface area contributed by atoms with Crippen LogP contribution in [0, 0.1) is 5.92 Å². The molecule has 0 spiro atoms. The number of hydrogen-bond donors (Lipinski definition) is 0. The number of thiophene rings is 1. The van der Waals surface area contributed by atoms with E-state index in [4.69, 9.17) is 0 Å². The van der Waals surface area contributed by atoms with Crippen LogP contribution < -0.4 is 0 Å². The molecule has 0 saturated carbocycles. The predicted molar refractivity (Wildman–Crippen MR) is 130 cm³/mol. The van der Waals surface area contributed by atoms with Gasteiger partial charge in [0.05, 0.1) is 5.41 Å². The minimum atomic E-state index is 0.0220. The maximum absolute atomic E-state index is 4.10. The molecule has 1 nitrogen and oxygen atoms in total. The smallest absolute Gasteiger partial charge is 0.196 e. The van der Waals surface area contributed by atoms with Gasteiger partial charge in [0.1, 0.15) is 0 Å². The van der Waals surface area contributed by atoms with E-state index in [1.165, 1.54) is 31.8 Å². The summed E-state index contributed by atoms with van der Waals surface area (Å²) in [6.07, 6.45) is 9.04. The average molecular weight is 407 g/mol. The average Bonchev–Trinajstić information content (AvgIpc) is 3.24. The Hall–Kier alpha value is -1.93. The summed E-state index contributed by atoms with van der Waals surface area (Å²) in [7, 11) is 0. The number of rotatable bonds is 6. The Morgan fingerprint density at radius 1 is 1.28 bits per heavy atom. The summed E-state index contributed by atoms with van der Waals surface area (Å²) < 4.78 is 3.93. The van der Waals surface area contributed by atoms with E-state index < -0.39 is 0 Å². The first-order valence-electron chi connectivity index (χ1n) is 10.8. The molecular weight excluding hydrogens is 370 g/mol. The molecular formula is C27H36NS+. The fourth-order valence-corrected chi connectivity index (χ4v) is 5.97. The van der Waals surface area contributed by atoms with E-state index >= 15 is 0 Å². The van der Waals surface area contributed by atoms with Crippen LogP contribution in [0.2, 0.25) is 0 Å². The van der Waals surface area contributed by atoms with Crippen molar-refractivity contribution in [3.8, 4) is 0 Å². The highest BCUT2D eigenvalue weighted by Gasteiger charge is 2.51. The van der Waals surface area contributed by atoms with Crippen LogP contribution in [0.25, 0.3) is 10.1 Å². The lowest BCUT2D eigenvalue weighted by atomic mass is 9.81. The molecule has 2 atom stereocenters. The zero-order chi connectivity index (χ0) is 21.4. The first kappa shape index (κ1) is 21.8. The van der Waals surface area contributed by atoms with Crippen molar-refractivity contribution in [3.63, 3.8) is 0 Å². The van der Waals surface area contributed by atoms with Gasteiger partial charge in [-0.15, -0.1) is 11.3 Å². The lowest BCUT2D eigenvalue weighted by Gasteiger charge is -2.24. The van der Waals surface area contributed by atoms with Crippen molar-refractivity contribution in [2.45, 2.75) is 72.3 Å². The van der Waals surface area contributed by atoms with Gasteiger partial charge in [-0.25, -0.2) is 0 Å². The quantitative estimate of drug-likeness (QED) is 0.339. The predicted octanol–water partition coefficient (Wildman–Crippen LogP) is 7.88. The fourth-order valence-electron chi connectivity index (χ4n) is 4.80. The van der Waals surface area contributed by atoms with Gasteiger partial charge in [0.25, 0.3) is 0 Å². The van der Waals surface area contributed by atoms with Gasteiger partial charge in [0.15, 0.2) is 11.8 Å². The van der Waals surface area contributed by atoms with Gasteiger partial charge in [-0.3, -0.25) is 0 Å². The van der Waals surface area contributed by atoms with Crippen LogP contribution in [-0.4, -0.2) is 16.3 Å². The lowest BCUT2D eigenvalue weighted by Crippen LogP contribution is -2.34. The first-order chi connectivity index (χ1) is 13.7. The second-order valence-electron chi connectivity index (χ2n) is 9.34. The topological polar surface area (TPSA) is 3.01 Å². The van der Waals surface area contributed by atoms with Crippen molar-refractivity contribution in [2.24, 2.45) is 5.92 Å². The van der Waals surface area contributed by atoms with Crippen molar-refractivity contribution in [1.82, 2.24) is 0 Å². The van der Waals surface area contributed by atoms with Crippen LogP contribution in [-0.2, 0) is 5.41 Å². The zero-order valence-electron chi connectivity index (χ0n) is 19.2. The standard InChI is InChI=1S/C27H36NS/c1-9-19(4)22(11-3)25(20(5)10-2)28-18-27(8,17-26(28,6)7)24-16-21-14-12-13-15-23(21)29-24/h10-16,18-19H,2,9,17H2,1,3-8H3/q+1/b22-11?,25-20+. The van der Waals surface area contributed by atoms with E-state index in [9.17, 15) is 0 Å². The Labute approximate surface area is 181 Å². The van der Waals surface area contributed by atoms with E-state index in [0.717, 1.165) is 12.8 Å². The molecule has 3 rings (SSSR count). The van der Waals surface area contributed by atoms with Gasteiger partial charge in [0, 0.05) is 41.0 Å². The van der Waals surface area contributed by atoms with Crippen molar-refractivity contribution in [2.75, 3.05) is 0 Å². The molecule has 0 fully saturated rings. The largest absolute Gasteiger partial charge is 0.211 e. The second-order valence-corrected chi connectivity index (χ2v) is 10.4. The maximum atomic E-state index is 4.10. The molecule has 0 bridgehead atoms. The number of hydrogen-bond acceptors (Lipinski definition) is 1. The number of nitrogens with zero attached hydrogens (tertiary/aromatic N) is 1. The fraction of sp³-hybridized carbons (Fsp3) is 0.444. The molecule has 0 saturated heterocycles. The summed E-state index contributed by atoms with van der Waals surface area (Å²) in [6.45, 7) is 20.2. The van der Waals surface area contributed by atoms with Crippen molar-refractivity contribution in [3.05, 3.63) is 70.8 Å². The number of benzene rings is 1. The van der Waals surface area contributed by atoms with Gasteiger partial charge in [-0.05, 0) is 50.6 Å². The Bertz CT molecular complexity index is 981. The monoisotopic (exact) mass is 406 g/mol. The SMILES string of the molecule is C=C/C(C)=C(\C(=CC)C(C)CC)[N+]1=CC(C)(c2cc3ccccc3s2)CC1(C)C. The minimum Gasteiger partial charge on any atom is -0.196 e. The van der Waals surface area contributed by atoms with Crippen LogP contribution in [0.3, 0.4) is 0 Å².